The molecule has 2 heterocycles. The van der Waals surface area contributed by atoms with Crippen LogP contribution in [0, 0.1) is 11.8 Å². The van der Waals surface area contributed by atoms with E-state index in [2.05, 4.69) is 17.6 Å². The molecule has 2 unspecified atom stereocenters. The van der Waals surface area contributed by atoms with Crippen LogP contribution in [0.5, 0.6) is 0 Å². The molecule has 19 heavy (non-hydrogen) atoms. The second-order valence-electron chi connectivity index (χ2n) is 5.27. The third kappa shape index (κ3) is 4.79. The maximum Gasteiger partial charge on any atom is 0.220 e. The zero-order valence-electron chi connectivity index (χ0n) is 11.2. The van der Waals surface area contributed by atoms with E-state index in [1.54, 1.807) is 0 Å². The fourth-order valence-electron chi connectivity index (χ4n) is 2.53. The number of halogens is 1. The van der Waals surface area contributed by atoms with Crippen LogP contribution in [0.4, 0.5) is 0 Å². The number of hydrogen-bond donors (Lipinski definition) is 2. The molecular weight excluding hydrogens is 280 g/mol. The van der Waals surface area contributed by atoms with E-state index in [-0.39, 0.29) is 5.91 Å². The maximum absolute atomic E-state index is 11.9. The quantitative estimate of drug-likeness (QED) is 0.877. The Balaban J connectivity index is 1.71. The highest BCUT2D eigenvalue weighted by Gasteiger charge is 2.21. The molecule has 1 aromatic rings. The molecule has 0 spiro atoms. The Labute approximate surface area is 123 Å². The zero-order chi connectivity index (χ0) is 13.7. The van der Waals surface area contributed by atoms with E-state index in [0.717, 1.165) is 22.3 Å². The van der Waals surface area contributed by atoms with Crippen LogP contribution in [0.2, 0.25) is 4.34 Å². The first-order valence-corrected chi connectivity index (χ1v) is 8.06. The van der Waals surface area contributed by atoms with Crippen LogP contribution >= 0.6 is 22.9 Å². The van der Waals surface area contributed by atoms with Crippen molar-refractivity contribution in [2.75, 3.05) is 13.1 Å². The van der Waals surface area contributed by atoms with Crippen LogP contribution in [0.3, 0.4) is 0 Å². The highest BCUT2D eigenvalue weighted by atomic mass is 35.5. The van der Waals surface area contributed by atoms with Gasteiger partial charge in [0.1, 0.15) is 0 Å². The SMILES string of the molecule is CC(CC(=O)NCc1ccc(Cl)s1)C1CCCNC1. The van der Waals surface area contributed by atoms with Crippen LogP contribution in [-0.2, 0) is 11.3 Å². The minimum Gasteiger partial charge on any atom is -0.351 e. The van der Waals surface area contributed by atoms with E-state index in [1.165, 1.54) is 24.2 Å². The zero-order valence-corrected chi connectivity index (χ0v) is 12.8. The van der Waals surface area contributed by atoms with Crippen molar-refractivity contribution in [3.05, 3.63) is 21.3 Å². The number of rotatable bonds is 5. The van der Waals surface area contributed by atoms with E-state index < -0.39 is 0 Å². The van der Waals surface area contributed by atoms with Gasteiger partial charge in [0.05, 0.1) is 10.9 Å². The Morgan fingerprint density at radius 1 is 1.63 bits per heavy atom. The molecule has 5 heteroatoms. The number of carbonyl (C=O) groups is 1. The molecule has 1 saturated heterocycles. The third-order valence-corrected chi connectivity index (χ3v) is 4.97. The van der Waals surface area contributed by atoms with Crippen LogP contribution in [0.1, 0.15) is 31.1 Å². The molecule has 2 N–H and O–H groups in total. The van der Waals surface area contributed by atoms with Gasteiger partial charge >= 0.3 is 0 Å². The van der Waals surface area contributed by atoms with Crippen molar-refractivity contribution in [2.45, 2.75) is 32.7 Å². The van der Waals surface area contributed by atoms with Crippen molar-refractivity contribution in [1.29, 1.82) is 0 Å². The molecule has 1 fully saturated rings. The normalized spacial score (nSPS) is 21.1. The maximum atomic E-state index is 11.9. The van der Waals surface area contributed by atoms with Gasteiger partial charge in [0.2, 0.25) is 5.91 Å². The van der Waals surface area contributed by atoms with E-state index in [1.807, 2.05) is 12.1 Å². The smallest absolute Gasteiger partial charge is 0.220 e. The van der Waals surface area contributed by atoms with Crippen LogP contribution < -0.4 is 10.6 Å². The molecule has 1 amide bonds. The van der Waals surface area contributed by atoms with Crippen molar-refractivity contribution < 1.29 is 4.79 Å². The van der Waals surface area contributed by atoms with Crippen LogP contribution in [-0.4, -0.2) is 19.0 Å². The van der Waals surface area contributed by atoms with E-state index >= 15 is 0 Å². The van der Waals surface area contributed by atoms with Gasteiger partial charge in [-0.2, -0.15) is 0 Å². The Kier molecular flexibility index (Phi) is 5.67. The summed E-state index contributed by atoms with van der Waals surface area (Å²) in [5.74, 6) is 1.22. The number of amides is 1. The molecule has 0 radical (unpaired) electrons. The molecule has 106 valence electrons. The summed E-state index contributed by atoms with van der Waals surface area (Å²) < 4.78 is 0.769. The van der Waals surface area contributed by atoms with Crippen molar-refractivity contribution in [1.82, 2.24) is 10.6 Å². The van der Waals surface area contributed by atoms with E-state index in [0.29, 0.717) is 24.8 Å². The number of carbonyl (C=O) groups excluding carboxylic acids is 1. The molecule has 0 saturated carbocycles. The minimum atomic E-state index is 0.141. The topological polar surface area (TPSA) is 41.1 Å². The fraction of sp³-hybridized carbons (Fsp3) is 0.643. The second kappa shape index (κ2) is 7.27. The lowest BCUT2D eigenvalue weighted by molar-refractivity contribution is -0.122. The fourth-order valence-corrected chi connectivity index (χ4v) is 3.56. The summed E-state index contributed by atoms with van der Waals surface area (Å²) >= 11 is 7.38. The second-order valence-corrected chi connectivity index (χ2v) is 7.07. The summed E-state index contributed by atoms with van der Waals surface area (Å²) in [6, 6.07) is 3.83. The highest BCUT2D eigenvalue weighted by Crippen LogP contribution is 2.23. The lowest BCUT2D eigenvalue weighted by Crippen LogP contribution is -2.35. The van der Waals surface area contributed by atoms with Crippen molar-refractivity contribution in [3.8, 4) is 0 Å². The molecule has 1 aliphatic rings. The van der Waals surface area contributed by atoms with Crippen molar-refractivity contribution in [3.63, 3.8) is 0 Å². The summed E-state index contributed by atoms with van der Waals surface area (Å²) in [4.78, 5) is 13.0. The average molecular weight is 301 g/mol. The molecule has 1 aliphatic heterocycles. The molecule has 0 bridgehead atoms. The predicted molar refractivity (Wildman–Crippen MR) is 80.6 cm³/mol. The molecular formula is C14H21ClN2OS. The Morgan fingerprint density at radius 3 is 3.11 bits per heavy atom. The number of nitrogens with one attached hydrogen (secondary N) is 2. The number of thiophene rings is 1. The van der Waals surface area contributed by atoms with Gasteiger partial charge < -0.3 is 10.6 Å². The first-order chi connectivity index (χ1) is 9.15. The van der Waals surface area contributed by atoms with Gasteiger partial charge in [-0.05, 0) is 49.9 Å². The van der Waals surface area contributed by atoms with Gasteiger partial charge in [-0.3, -0.25) is 4.79 Å². The van der Waals surface area contributed by atoms with Gasteiger partial charge in [-0.1, -0.05) is 18.5 Å². The van der Waals surface area contributed by atoms with Gasteiger partial charge in [0, 0.05) is 11.3 Å². The summed E-state index contributed by atoms with van der Waals surface area (Å²) in [6.45, 7) is 4.94. The molecule has 2 rings (SSSR count). The Morgan fingerprint density at radius 2 is 2.47 bits per heavy atom. The molecule has 2 atom stereocenters. The first-order valence-electron chi connectivity index (χ1n) is 6.87. The van der Waals surface area contributed by atoms with Crippen molar-refractivity contribution in [2.24, 2.45) is 11.8 Å². The summed E-state index contributed by atoms with van der Waals surface area (Å²) in [5.41, 5.74) is 0. The van der Waals surface area contributed by atoms with Gasteiger partial charge in [-0.15, -0.1) is 11.3 Å². The van der Waals surface area contributed by atoms with Gasteiger partial charge in [0.15, 0.2) is 0 Å². The summed E-state index contributed by atoms with van der Waals surface area (Å²) in [5, 5.41) is 6.38. The molecule has 1 aromatic heterocycles. The van der Waals surface area contributed by atoms with E-state index in [9.17, 15) is 4.79 Å². The number of piperidine rings is 1. The molecule has 0 aliphatic carbocycles. The van der Waals surface area contributed by atoms with Crippen LogP contribution in [0.15, 0.2) is 12.1 Å². The molecule has 3 nitrogen and oxygen atoms in total. The minimum absolute atomic E-state index is 0.141. The lowest BCUT2D eigenvalue weighted by atomic mass is 9.85. The Hall–Kier alpha value is -0.580. The highest BCUT2D eigenvalue weighted by molar-refractivity contribution is 7.16. The van der Waals surface area contributed by atoms with Crippen molar-refractivity contribution >= 4 is 28.8 Å². The predicted octanol–water partition coefficient (Wildman–Crippen LogP) is 3.04. The van der Waals surface area contributed by atoms with E-state index in [4.69, 9.17) is 11.6 Å². The standard InChI is InChI=1S/C14H21ClN2OS/c1-10(11-3-2-6-16-8-11)7-14(18)17-9-12-4-5-13(15)19-12/h4-5,10-11,16H,2-3,6-9H2,1H3,(H,17,18). The van der Waals surface area contributed by atoms with Crippen LogP contribution in [0.25, 0.3) is 0 Å². The number of hydrogen-bond acceptors (Lipinski definition) is 3. The largest absolute Gasteiger partial charge is 0.351 e. The first kappa shape index (κ1) is 14.8. The monoisotopic (exact) mass is 300 g/mol. The Bertz CT molecular complexity index is 415. The van der Waals surface area contributed by atoms with Gasteiger partial charge in [0.25, 0.3) is 0 Å². The summed E-state index contributed by atoms with van der Waals surface area (Å²) in [6.07, 6.45) is 3.08. The summed E-state index contributed by atoms with van der Waals surface area (Å²) in [7, 11) is 0. The van der Waals surface area contributed by atoms with Gasteiger partial charge in [-0.25, -0.2) is 0 Å². The average Bonchev–Trinajstić information content (AvgIpc) is 2.83. The third-order valence-electron chi connectivity index (χ3n) is 3.74. The molecule has 0 aromatic carbocycles. The lowest BCUT2D eigenvalue weighted by Gasteiger charge is -2.27.